The molecule has 5 rings (SSSR count). The van der Waals surface area contributed by atoms with Crippen LogP contribution in [0, 0.1) is 18.3 Å². The highest BCUT2D eigenvalue weighted by Gasteiger charge is 2.20. The van der Waals surface area contributed by atoms with Gasteiger partial charge in [0, 0.05) is 28.8 Å². The van der Waals surface area contributed by atoms with E-state index in [1.165, 1.54) is 18.4 Å². The van der Waals surface area contributed by atoms with E-state index < -0.39 is 10.0 Å². The van der Waals surface area contributed by atoms with Crippen molar-refractivity contribution in [1.29, 1.82) is 5.26 Å². The summed E-state index contributed by atoms with van der Waals surface area (Å²) in [5, 5.41) is 14.9. The lowest BCUT2D eigenvalue weighted by atomic mass is 9.92. The van der Waals surface area contributed by atoms with E-state index >= 15 is 0 Å². The van der Waals surface area contributed by atoms with Crippen molar-refractivity contribution in [3.63, 3.8) is 0 Å². The van der Waals surface area contributed by atoms with Gasteiger partial charge in [0.15, 0.2) is 5.82 Å². The molecule has 0 saturated heterocycles. The quantitative estimate of drug-likeness (QED) is 0.328. The fourth-order valence-corrected chi connectivity index (χ4v) is 5.15. The number of nitriles is 1. The number of hydrogen-bond donors (Lipinski definition) is 1. The third kappa shape index (κ3) is 4.15. The second-order valence-corrected chi connectivity index (χ2v) is 9.74. The van der Waals surface area contributed by atoms with Crippen molar-refractivity contribution < 1.29 is 17.7 Å². The van der Waals surface area contributed by atoms with Crippen LogP contribution in [0.3, 0.4) is 0 Å². The Morgan fingerprint density at radius 2 is 1.83 bits per heavy atom. The molecule has 5 aromatic rings. The number of hydrogen-bond acceptors (Lipinski definition) is 7. The number of fused-ring (bicyclic) bond motifs is 1. The van der Waals surface area contributed by atoms with Crippen molar-refractivity contribution in [3.8, 4) is 34.2 Å². The maximum atomic E-state index is 12.8. The van der Waals surface area contributed by atoms with E-state index in [1.54, 1.807) is 37.6 Å². The van der Waals surface area contributed by atoms with Crippen LogP contribution >= 0.6 is 0 Å². The van der Waals surface area contributed by atoms with Crippen molar-refractivity contribution in [2.45, 2.75) is 11.8 Å². The summed E-state index contributed by atoms with van der Waals surface area (Å²) in [6.07, 6.45) is 2.88. The number of methoxy groups -OCH3 is 1. The number of sulfonamides is 1. The van der Waals surface area contributed by atoms with Crippen LogP contribution < -0.4 is 9.46 Å². The Morgan fingerprint density at radius 1 is 1.00 bits per heavy atom. The number of nitrogens with one attached hydrogen (secondary N) is 1. The van der Waals surface area contributed by atoms with Crippen molar-refractivity contribution in [3.05, 3.63) is 90.3 Å². The van der Waals surface area contributed by atoms with Crippen LogP contribution in [0.1, 0.15) is 11.1 Å². The SMILES string of the molecule is COc1cc(-c2ccccc2C)c(C#N)cc1-c1nccc2cc(S(=O)(=O)Nc3ccon3)ccc12. The third-order valence-electron chi connectivity index (χ3n) is 5.87. The van der Waals surface area contributed by atoms with E-state index in [0.29, 0.717) is 33.3 Å². The molecule has 0 bridgehead atoms. The number of pyridine rings is 1. The molecule has 0 aliphatic carbocycles. The van der Waals surface area contributed by atoms with E-state index in [4.69, 9.17) is 9.26 Å². The highest BCUT2D eigenvalue weighted by atomic mass is 32.2. The van der Waals surface area contributed by atoms with Gasteiger partial charge in [0.25, 0.3) is 10.0 Å². The van der Waals surface area contributed by atoms with Gasteiger partial charge in [0.05, 0.1) is 29.3 Å². The second kappa shape index (κ2) is 9.17. The summed E-state index contributed by atoms with van der Waals surface area (Å²) in [7, 11) is -2.31. The predicted octanol–water partition coefficient (Wildman–Crippen LogP) is 5.55. The molecule has 0 saturated carbocycles. The lowest BCUT2D eigenvalue weighted by Gasteiger charge is -2.15. The molecule has 0 atom stereocenters. The Labute approximate surface area is 207 Å². The molecule has 9 heteroatoms. The molecule has 2 aromatic heterocycles. The van der Waals surface area contributed by atoms with Gasteiger partial charge in [0.2, 0.25) is 0 Å². The van der Waals surface area contributed by atoms with Crippen molar-refractivity contribution >= 4 is 26.6 Å². The second-order valence-electron chi connectivity index (χ2n) is 8.06. The first-order valence-corrected chi connectivity index (χ1v) is 12.4. The minimum Gasteiger partial charge on any atom is -0.496 e. The maximum absolute atomic E-state index is 12.8. The molecule has 8 nitrogen and oxygen atoms in total. The van der Waals surface area contributed by atoms with Gasteiger partial charge in [-0.2, -0.15) is 5.26 Å². The van der Waals surface area contributed by atoms with Gasteiger partial charge in [0.1, 0.15) is 12.0 Å². The topological polar surface area (TPSA) is 118 Å². The number of nitrogens with zero attached hydrogens (tertiary/aromatic N) is 3. The molecule has 0 amide bonds. The Bertz CT molecular complexity index is 1740. The molecule has 0 unspecified atom stereocenters. The molecule has 0 radical (unpaired) electrons. The molecule has 0 aliphatic heterocycles. The Hall–Kier alpha value is -4.68. The fraction of sp³-hybridized carbons (Fsp3) is 0.0741. The number of benzene rings is 3. The molecular weight excluding hydrogens is 476 g/mol. The summed E-state index contributed by atoms with van der Waals surface area (Å²) in [4.78, 5) is 4.62. The van der Waals surface area contributed by atoms with Gasteiger partial charge in [-0.15, -0.1) is 0 Å². The lowest BCUT2D eigenvalue weighted by Crippen LogP contribution is -2.13. The minimum atomic E-state index is -3.88. The molecule has 0 fully saturated rings. The van der Waals surface area contributed by atoms with Gasteiger partial charge in [-0.05, 0) is 53.8 Å². The minimum absolute atomic E-state index is 0.0646. The van der Waals surface area contributed by atoms with Crippen LogP contribution in [0.25, 0.3) is 33.2 Å². The highest BCUT2D eigenvalue weighted by molar-refractivity contribution is 7.92. The molecule has 1 N–H and O–H groups in total. The number of aromatic nitrogens is 2. The summed E-state index contributed by atoms with van der Waals surface area (Å²) >= 11 is 0. The molecule has 2 heterocycles. The zero-order valence-corrected chi connectivity index (χ0v) is 20.2. The molecular formula is C27H20N4O4S. The van der Waals surface area contributed by atoms with Crippen molar-refractivity contribution in [1.82, 2.24) is 10.1 Å². The van der Waals surface area contributed by atoms with Gasteiger partial charge < -0.3 is 9.26 Å². The molecule has 0 aliphatic rings. The maximum Gasteiger partial charge on any atom is 0.263 e. The number of rotatable bonds is 6. The van der Waals surface area contributed by atoms with Crippen molar-refractivity contribution in [2.24, 2.45) is 0 Å². The zero-order chi connectivity index (χ0) is 25.3. The van der Waals surface area contributed by atoms with E-state index in [9.17, 15) is 13.7 Å². The average molecular weight is 497 g/mol. The first kappa shape index (κ1) is 23.1. The predicted molar refractivity (Wildman–Crippen MR) is 136 cm³/mol. The summed E-state index contributed by atoms with van der Waals surface area (Å²) in [6.45, 7) is 1.99. The van der Waals surface area contributed by atoms with E-state index in [1.807, 2.05) is 37.3 Å². The fourth-order valence-electron chi connectivity index (χ4n) is 4.12. The molecule has 36 heavy (non-hydrogen) atoms. The van der Waals surface area contributed by atoms with Gasteiger partial charge in [-0.25, -0.2) is 8.42 Å². The average Bonchev–Trinajstić information content (AvgIpc) is 3.40. The zero-order valence-electron chi connectivity index (χ0n) is 19.4. The smallest absolute Gasteiger partial charge is 0.263 e. The monoisotopic (exact) mass is 496 g/mol. The van der Waals surface area contributed by atoms with E-state index in [2.05, 4.69) is 20.9 Å². The third-order valence-corrected chi connectivity index (χ3v) is 7.23. The number of ether oxygens (including phenoxy) is 1. The molecule has 178 valence electrons. The normalized spacial score (nSPS) is 11.2. The Kier molecular flexibility index (Phi) is 5.88. The molecule has 3 aromatic carbocycles. The standard InChI is InChI=1S/C27H20N4O4S/c1-17-5-3-4-6-21(17)23-15-25(34-2)24(14-19(23)16-28)27-22-8-7-20(13-18(22)9-11-29-27)36(32,33)31-26-10-12-35-30-26/h3-15H,1-2H3,(H,30,31). The highest BCUT2D eigenvalue weighted by Crippen LogP contribution is 2.39. The van der Waals surface area contributed by atoms with Crippen LogP contribution in [-0.4, -0.2) is 25.7 Å². The van der Waals surface area contributed by atoms with Gasteiger partial charge in [-0.1, -0.05) is 35.5 Å². The van der Waals surface area contributed by atoms with Crippen LogP contribution in [0.5, 0.6) is 5.75 Å². The molecule has 0 spiro atoms. The van der Waals surface area contributed by atoms with Crippen LogP contribution in [0.15, 0.2) is 88.6 Å². The number of anilines is 1. The van der Waals surface area contributed by atoms with E-state index in [0.717, 1.165) is 16.7 Å². The summed E-state index contributed by atoms with van der Waals surface area (Å²) in [5.74, 6) is 0.643. The van der Waals surface area contributed by atoms with Crippen LogP contribution in [-0.2, 0) is 10.0 Å². The largest absolute Gasteiger partial charge is 0.496 e. The summed E-state index contributed by atoms with van der Waals surface area (Å²) < 4.78 is 38.4. The first-order chi connectivity index (χ1) is 17.4. The summed E-state index contributed by atoms with van der Waals surface area (Å²) in [6, 6.07) is 21.6. The number of aryl methyl sites for hydroxylation is 1. The van der Waals surface area contributed by atoms with Crippen molar-refractivity contribution in [2.75, 3.05) is 11.8 Å². The van der Waals surface area contributed by atoms with E-state index in [-0.39, 0.29) is 10.7 Å². The van der Waals surface area contributed by atoms with Gasteiger partial charge >= 0.3 is 0 Å². The Balaban J connectivity index is 1.64. The summed E-state index contributed by atoms with van der Waals surface area (Å²) in [5.41, 5.74) is 4.44. The first-order valence-electron chi connectivity index (χ1n) is 10.9. The Morgan fingerprint density at radius 3 is 2.56 bits per heavy atom. The van der Waals surface area contributed by atoms with Crippen LogP contribution in [0.4, 0.5) is 5.82 Å². The van der Waals surface area contributed by atoms with Crippen LogP contribution in [0.2, 0.25) is 0 Å². The van der Waals surface area contributed by atoms with Gasteiger partial charge in [-0.3, -0.25) is 9.71 Å². The lowest BCUT2D eigenvalue weighted by molar-refractivity contribution is 0.416.